The van der Waals surface area contributed by atoms with Gasteiger partial charge in [-0.3, -0.25) is 0 Å². The number of nitrogen functional groups attached to an aromatic ring is 1. The van der Waals surface area contributed by atoms with Crippen molar-refractivity contribution in [2.45, 2.75) is 25.2 Å². The van der Waals surface area contributed by atoms with Gasteiger partial charge in [0.05, 0.1) is 11.5 Å². The molecular weight excluding hydrogens is 216 g/mol. The Hall–Kier alpha value is -1.88. The fourth-order valence-electron chi connectivity index (χ4n) is 2.25. The summed E-state index contributed by atoms with van der Waals surface area (Å²) in [7, 11) is 0. The third kappa shape index (κ3) is 1.59. The van der Waals surface area contributed by atoms with Gasteiger partial charge in [0.25, 0.3) is 0 Å². The molecule has 0 saturated carbocycles. The third-order valence-corrected chi connectivity index (χ3v) is 3.14. The van der Waals surface area contributed by atoms with E-state index in [2.05, 4.69) is 16.5 Å². The van der Waals surface area contributed by atoms with Gasteiger partial charge in [-0.25, -0.2) is 9.97 Å². The summed E-state index contributed by atoms with van der Waals surface area (Å²) < 4.78 is 7.86. The van der Waals surface area contributed by atoms with Gasteiger partial charge < -0.3 is 15.0 Å². The van der Waals surface area contributed by atoms with E-state index in [1.807, 2.05) is 22.9 Å². The largest absolute Gasteiger partial charge is 0.383 e. The number of hydrogen-bond donors (Lipinski definition) is 1. The van der Waals surface area contributed by atoms with Gasteiger partial charge in [0.2, 0.25) is 0 Å². The fraction of sp³-hybridized carbons (Fsp3) is 0.333. The van der Waals surface area contributed by atoms with Crippen LogP contribution in [0.25, 0.3) is 11.0 Å². The summed E-state index contributed by atoms with van der Waals surface area (Å²) in [5.41, 5.74) is 6.63. The van der Waals surface area contributed by atoms with Crippen LogP contribution < -0.4 is 5.73 Å². The summed E-state index contributed by atoms with van der Waals surface area (Å²) in [5, 5.41) is 0.873. The van der Waals surface area contributed by atoms with Crippen LogP contribution in [0.4, 0.5) is 5.82 Å². The summed E-state index contributed by atoms with van der Waals surface area (Å²) in [6, 6.07) is 1.93. The van der Waals surface area contributed by atoms with Crippen LogP contribution in [0.2, 0.25) is 0 Å². The van der Waals surface area contributed by atoms with E-state index in [0.717, 1.165) is 23.9 Å². The molecule has 0 aromatic carbocycles. The standard InChI is InChI=1S/C12H14N4O/c1-2-8-3-4-10(17-8)16-6-5-9-11(13)14-7-15-12(9)16/h2,5-8,10H,1,3-4H2,(H2,13,14,15)/t8-,10-/m1/s1. The van der Waals surface area contributed by atoms with E-state index in [0.29, 0.717) is 5.82 Å². The maximum Gasteiger partial charge on any atom is 0.147 e. The van der Waals surface area contributed by atoms with Gasteiger partial charge in [-0.15, -0.1) is 6.58 Å². The van der Waals surface area contributed by atoms with Crippen LogP contribution in [-0.4, -0.2) is 20.6 Å². The normalized spacial score (nSPS) is 24.2. The highest BCUT2D eigenvalue weighted by molar-refractivity contribution is 5.86. The molecule has 0 bridgehead atoms. The number of nitrogens with two attached hydrogens (primary N) is 1. The van der Waals surface area contributed by atoms with Crippen LogP contribution in [0.5, 0.6) is 0 Å². The summed E-state index contributed by atoms with van der Waals surface area (Å²) in [5.74, 6) is 0.506. The van der Waals surface area contributed by atoms with Gasteiger partial charge in [0, 0.05) is 6.20 Å². The van der Waals surface area contributed by atoms with Crippen molar-refractivity contribution in [1.29, 1.82) is 0 Å². The number of rotatable bonds is 2. The van der Waals surface area contributed by atoms with Crippen LogP contribution in [-0.2, 0) is 4.74 Å². The number of nitrogens with zero attached hydrogens (tertiary/aromatic N) is 3. The van der Waals surface area contributed by atoms with E-state index in [1.165, 1.54) is 6.33 Å². The van der Waals surface area contributed by atoms with Gasteiger partial charge in [-0.1, -0.05) is 6.08 Å². The number of hydrogen-bond acceptors (Lipinski definition) is 4. The minimum Gasteiger partial charge on any atom is -0.383 e. The molecule has 1 saturated heterocycles. The van der Waals surface area contributed by atoms with E-state index in [9.17, 15) is 0 Å². The molecule has 0 radical (unpaired) electrons. The molecule has 1 aliphatic rings. The van der Waals surface area contributed by atoms with E-state index < -0.39 is 0 Å². The van der Waals surface area contributed by atoms with Crippen molar-refractivity contribution in [3.63, 3.8) is 0 Å². The lowest BCUT2D eigenvalue weighted by Crippen LogP contribution is -2.09. The second-order valence-corrected chi connectivity index (χ2v) is 4.16. The Morgan fingerprint density at radius 1 is 1.47 bits per heavy atom. The van der Waals surface area contributed by atoms with Crippen LogP contribution in [0.1, 0.15) is 19.1 Å². The maximum atomic E-state index is 5.85. The van der Waals surface area contributed by atoms with Gasteiger partial charge in [0.15, 0.2) is 0 Å². The van der Waals surface area contributed by atoms with Crippen molar-refractivity contribution in [1.82, 2.24) is 14.5 Å². The number of anilines is 1. The smallest absolute Gasteiger partial charge is 0.147 e. The molecule has 5 heteroatoms. The van der Waals surface area contributed by atoms with Crippen molar-refractivity contribution in [3.8, 4) is 0 Å². The molecule has 2 N–H and O–H groups in total. The van der Waals surface area contributed by atoms with Gasteiger partial charge in [-0.2, -0.15) is 0 Å². The Morgan fingerprint density at radius 2 is 2.35 bits per heavy atom. The number of ether oxygens (including phenoxy) is 1. The highest BCUT2D eigenvalue weighted by Gasteiger charge is 2.25. The van der Waals surface area contributed by atoms with Crippen LogP contribution in [0.3, 0.4) is 0 Å². The molecule has 0 spiro atoms. The highest BCUT2D eigenvalue weighted by Crippen LogP contribution is 2.31. The SMILES string of the molecule is C=C[C@@H]1CC[C@H](n2ccc3c(N)ncnc32)O1. The maximum absolute atomic E-state index is 5.85. The lowest BCUT2D eigenvalue weighted by molar-refractivity contribution is 0.0264. The van der Waals surface area contributed by atoms with Crippen molar-refractivity contribution >= 4 is 16.9 Å². The minimum absolute atomic E-state index is 0.0183. The molecule has 1 aliphatic heterocycles. The molecule has 2 atom stereocenters. The Labute approximate surface area is 98.9 Å². The van der Waals surface area contributed by atoms with Crippen LogP contribution in [0.15, 0.2) is 31.2 Å². The van der Waals surface area contributed by atoms with Crippen molar-refractivity contribution < 1.29 is 4.74 Å². The molecule has 88 valence electrons. The second-order valence-electron chi connectivity index (χ2n) is 4.16. The molecule has 0 amide bonds. The summed E-state index contributed by atoms with van der Waals surface area (Å²) >= 11 is 0. The van der Waals surface area contributed by atoms with Crippen LogP contribution >= 0.6 is 0 Å². The molecule has 3 rings (SSSR count). The first-order valence-corrected chi connectivity index (χ1v) is 5.64. The molecule has 2 aromatic rings. The number of aromatic nitrogens is 3. The zero-order chi connectivity index (χ0) is 11.8. The topological polar surface area (TPSA) is 66.0 Å². The minimum atomic E-state index is 0.0183. The lowest BCUT2D eigenvalue weighted by Gasteiger charge is -2.14. The van der Waals surface area contributed by atoms with E-state index >= 15 is 0 Å². The third-order valence-electron chi connectivity index (χ3n) is 3.14. The average Bonchev–Trinajstić information content (AvgIpc) is 2.94. The van der Waals surface area contributed by atoms with Crippen LogP contribution in [0, 0.1) is 0 Å². The fourth-order valence-corrected chi connectivity index (χ4v) is 2.25. The first-order chi connectivity index (χ1) is 8.29. The Kier molecular flexibility index (Phi) is 2.33. The zero-order valence-corrected chi connectivity index (χ0v) is 9.41. The molecular formula is C12H14N4O. The molecule has 17 heavy (non-hydrogen) atoms. The highest BCUT2D eigenvalue weighted by atomic mass is 16.5. The summed E-state index contributed by atoms with van der Waals surface area (Å²) in [6.45, 7) is 3.76. The Morgan fingerprint density at radius 3 is 3.12 bits per heavy atom. The molecule has 3 heterocycles. The van der Waals surface area contributed by atoms with E-state index in [-0.39, 0.29) is 12.3 Å². The summed E-state index contributed by atoms with van der Waals surface area (Å²) in [6.07, 6.45) is 7.38. The number of fused-ring (bicyclic) bond motifs is 1. The Balaban J connectivity index is 2.01. The molecule has 2 aromatic heterocycles. The predicted molar refractivity (Wildman–Crippen MR) is 65.3 cm³/mol. The first-order valence-electron chi connectivity index (χ1n) is 5.64. The second kappa shape index (κ2) is 3.85. The van der Waals surface area contributed by atoms with Crippen molar-refractivity contribution in [2.75, 3.05) is 5.73 Å². The van der Waals surface area contributed by atoms with E-state index in [4.69, 9.17) is 10.5 Å². The van der Waals surface area contributed by atoms with Crippen molar-refractivity contribution in [3.05, 3.63) is 31.2 Å². The molecule has 5 nitrogen and oxygen atoms in total. The zero-order valence-electron chi connectivity index (χ0n) is 9.41. The summed E-state index contributed by atoms with van der Waals surface area (Å²) in [4.78, 5) is 8.24. The monoisotopic (exact) mass is 230 g/mol. The van der Waals surface area contributed by atoms with E-state index in [1.54, 1.807) is 0 Å². The Bertz CT molecular complexity index is 563. The van der Waals surface area contributed by atoms with Crippen molar-refractivity contribution in [2.24, 2.45) is 0 Å². The quantitative estimate of drug-likeness (QED) is 0.800. The molecule has 1 fully saturated rings. The molecule has 0 aliphatic carbocycles. The predicted octanol–water partition coefficient (Wildman–Crippen LogP) is 1.88. The lowest BCUT2D eigenvalue weighted by atomic mass is 10.2. The van der Waals surface area contributed by atoms with Gasteiger partial charge in [0.1, 0.15) is 24.0 Å². The van der Waals surface area contributed by atoms with Gasteiger partial charge in [-0.05, 0) is 18.9 Å². The first kappa shape index (κ1) is 10.3. The average molecular weight is 230 g/mol. The molecule has 0 unspecified atom stereocenters. The van der Waals surface area contributed by atoms with Gasteiger partial charge >= 0.3 is 0 Å².